The fraction of sp³-hybridized carbons (Fsp3) is 0.381. The summed E-state index contributed by atoms with van der Waals surface area (Å²) in [7, 11) is 0.323. The highest BCUT2D eigenvalue weighted by molar-refractivity contribution is 7.91. The van der Waals surface area contributed by atoms with E-state index in [4.69, 9.17) is 0 Å². The number of nitrogens with one attached hydrogen (secondary N) is 1. The fourth-order valence-electron chi connectivity index (χ4n) is 2.90. The van der Waals surface area contributed by atoms with Crippen LogP contribution in [0.3, 0.4) is 0 Å². The van der Waals surface area contributed by atoms with E-state index in [0.717, 1.165) is 0 Å². The van der Waals surface area contributed by atoms with E-state index in [1.807, 2.05) is 37.1 Å². The van der Waals surface area contributed by atoms with Crippen molar-refractivity contribution < 1.29 is 8.42 Å². The van der Waals surface area contributed by atoms with Crippen LogP contribution in [0.5, 0.6) is 0 Å². The molecular formula is C21H29N3O2S. The van der Waals surface area contributed by atoms with Crippen molar-refractivity contribution in [2.45, 2.75) is 37.8 Å². The first-order chi connectivity index (χ1) is 12.9. The summed E-state index contributed by atoms with van der Waals surface area (Å²) in [6.45, 7) is 4.77. The highest BCUT2D eigenvalue weighted by atomic mass is 32.2. The van der Waals surface area contributed by atoms with Gasteiger partial charge in [-0.15, -0.1) is 0 Å². The monoisotopic (exact) mass is 387 g/mol. The molecule has 6 heteroatoms. The van der Waals surface area contributed by atoms with Gasteiger partial charge in [0.05, 0.1) is 10.6 Å². The highest BCUT2D eigenvalue weighted by Gasteiger charge is 2.22. The van der Waals surface area contributed by atoms with E-state index >= 15 is 0 Å². The summed E-state index contributed by atoms with van der Waals surface area (Å²) < 4.78 is 25.4. The fourth-order valence-corrected chi connectivity index (χ4v) is 4.51. The molecule has 1 N–H and O–H groups in total. The molecule has 0 aliphatic heterocycles. The molecule has 0 aliphatic rings. The maximum Gasteiger partial charge on any atom is 0.193 e. The molecule has 2 aromatic carbocycles. The number of aryl methyl sites for hydroxylation is 1. The molecule has 2 aromatic rings. The Morgan fingerprint density at radius 1 is 1.11 bits per heavy atom. The predicted octanol–water partition coefficient (Wildman–Crippen LogP) is 3.25. The Balaban J connectivity index is 2.08. The Bertz CT molecular complexity index is 864. The second-order valence-corrected chi connectivity index (χ2v) is 8.71. The number of sulfone groups is 1. The summed E-state index contributed by atoms with van der Waals surface area (Å²) in [6, 6.07) is 16.6. The topological polar surface area (TPSA) is 61.8 Å². The van der Waals surface area contributed by atoms with Crippen LogP contribution in [-0.4, -0.2) is 45.2 Å². The van der Waals surface area contributed by atoms with Crippen LogP contribution in [0.1, 0.15) is 24.5 Å². The molecule has 0 spiro atoms. The van der Waals surface area contributed by atoms with Gasteiger partial charge in [0, 0.05) is 26.7 Å². The molecular weight excluding hydrogens is 358 g/mol. The molecule has 0 saturated carbocycles. The van der Waals surface area contributed by atoms with Gasteiger partial charge in [-0.05, 0) is 36.6 Å². The molecule has 0 heterocycles. The lowest BCUT2D eigenvalue weighted by molar-refractivity contribution is 0.459. The Hall–Kier alpha value is -2.34. The molecule has 0 amide bonds. The minimum absolute atomic E-state index is 0.0325. The van der Waals surface area contributed by atoms with Gasteiger partial charge in [0.15, 0.2) is 15.8 Å². The lowest BCUT2D eigenvalue weighted by Crippen LogP contribution is -2.46. The first-order valence-electron chi connectivity index (χ1n) is 9.14. The highest BCUT2D eigenvalue weighted by Crippen LogP contribution is 2.13. The van der Waals surface area contributed by atoms with Gasteiger partial charge in [-0.2, -0.15) is 0 Å². The zero-order valence-corrected chi connectivity index (χ0v) is 17.3. The first kappa shape index (κ1) is 21.0. The van der Waals surface area contributed by atoms with Crippen LogP contribution in [0.15, 0.2) is 64.5 Å². The summed E-state index contributed by atoms with van der Waals surface area (Å²) in [4.78, 5) is 6.71. The van der Waals surface area contributed by atoms with Gasteiger partial charge in [-0.1, -0.05) is 49.4 Å². The van der Waals surface area contributed by atoms with Crippen molar-refractivity contribution >= 4 is 15.8 Å². The molecule has 1 unspecified atom stereocenters. The van der Waals surface area contributed by atoms with Gasteiger partial charge in [-0.3, -0.25) is 4.99 Å². The number of hydrogen-bond donors (Lipinski definition) is 1. The van der Waals surface area contributed by atoms with E-state index in [9.17, 15) is 8.42 Å². The molecule has 1 atom stereocenters. The molecule has 0 aromatic heterocycles. The Kier molecular flexibility index (Phi) is 7.42. The van der Waals surface area contributed by atoms with E-state index < -0.39 is 9.84 Å². The summed E-state index contributed by atoms with van der Waals surface area (Å²) in [6.07, 6.45) is 0.684. The van der Waals surface area contributed by atoms with Gasteiger partial charge < -0.3 is 10.2 Å². The van der Waals surface area contributed by atoms with Crippen molar-refractivity contribution in [2.75, 3.05) is 19.8 Å². The quantitative estimate of drug-likeness (QED) is 0.585. The SMILES string of the molecule is CCC(CS(=O)(=O)c1ccccc1)NC(=NC)N(C)Cc1ccccc1C. The van der Waals surface area contributed by atoms with Crippen molar-refractivity contribution in [3.63, 3.8) is 0 Å². The normalized spacial score (nSPS) is 13.3. The van der Waals surface area contributed by atoms with Crippen LogP contribution < -0.4 is 5.32 Å². The van der Waals surface area contributed by atoms with Gasteiger partial charge in [-0.25, -0.2) is 8.42 Å². The molecule has 0 radical (unpaired) electrons. The van der Waals surface area contributed by atoms with Crippen molar-refractivity contribution in [1.82, 2.24) is 10.2 Å². The van der Waals surface area contributed by atoms with Crippen molar-refractivity contribution in [3.05, 3.63) is 65.7 Å². The number of benzene rings is 2. The van der Waals surface area contributed by atoms with Crippen LogP contribution in [-0.2, 0) is 16.4 Å². The number of rotatable bonds is 7. The van der Waals surface area contributed by atoms with Crippen LogP contribution in [0.4, 0.5) is 0 Å². The molecule has 27 heavy (non-hydrogen) atoms. The minimum Gasteiger partial charge on any atom is -0.352 e. The van der Waals surface area contributed by atoms with Gasteiger partial charge >= 0.3 is 0 Å². The second-order valence-electron chi connectivity index (χ2n) is 6.67. The van der Waals surface area contributed by atoms with Crippen LogP contribution >= 0.6 is 0 Å². The predicted molar refractivity (Wildman–Crippen MR) is 112 cm³/mol. The van der Waals surface area contributed by atoms with Gasteiger partial charge in [0.2, 0.25) is 0 Å². The summed E-state index contributed by atoms with van der Waals surface area (Å²) in [5, 5.41) is 3.32. The van der Waals surface area contributed by atoms with E-state index in [-0.39, 0.29) is 11.8 Å². The number of nitrogens with zero attached hydrogens (tertiary/aromatic N) is 2. The molecule has 2 rings (SSSR count). The third-order valence-electron chi connectivity index (χ3n) is 4.59. The van der Waals surface area contributed by atoms with Crippen molar-refractivity contribution in [1.29, 1.82) is 0 Å². The average Bonchev–Trinajstić information content (AvgIpc) is 2.67. The molecule has 0 fully saturated rings. The lowest BCUT2D eigenvalue weighted by Gasteiger charge is -2.27. The maximum atomic E-state index is 12.7. The number of hydrogen-bond acceptors (Lipinski definition) is 3. The van der Waals surface area contributed by atoms with Gasteiger partial charge in [0.25, 0.3) is 0 Å². The first-order valence-corrected chi connectivity index (χ1v) is 10.8. The Morgan fingerprint density at radius 2 is 1.74 bits per heavy atom. The van der Waals surface area contributed by atoms with E-state index in [1.54, 1.807) is 31.3 Å². The van der Waals surface area contributed by atoms with E-state index in [0.29, 0.717) is 23.8 Å². The summed E-state index contributed by atoms with van der Waals surface area (Å²) >= 11 is 0. The number of aliphatic imine (C=N–C) groups is 1. The molecule has 146 valence electrons. The van der Waals surface area contributed by atoms with Crippen LogP contribution in [0.25, 0.3) is 0 Å². The van der Waals surface area contributed by atoms with Gasteiger partial charge in [0.1, 0.15) is 0 Å². The second kappa shape index (κ2) is 9.55. The zero-order chi connectivity index (χ0) is 19.9. The lowest BCUT2D eigenvalue weighted by atomic mass is 10.1. The smallest absolute Gasteiger partial charge is 0.193 e. The molecule has 5 nitrogen and oxygen atoms in total. The third-order valence-corrected chi connectivity index (χ3v) is 6.42. The third kappa shape index (κ3) is 5.82. The largest absolute Gasteiger partial charge is 0.352 e. The number of guanidine groups is 1. The average molecular weight is 388 g/mol. The molecule has 0 saturated heterocycles. The summed E-state index contributed by atoms with van der Waals surface area (Å²) in [5.74, 6) is 0.721. The van der Waals surface area contributed by atoms with Crippen molar-refractivity contribution in [3.8, 4) is 0 Å². The zero-order valence-electron chi connectivity index (χ0n) is 16.5. The Morgan fingerprint density at radius 3 is 2.33 bits per heavy atom. The molecule has 0 aliphatic carbocycles. The standard InChI is InChI=1S/C21H29N3O2S/c1-5-19(16-27(25,26)20-13-7-6-8-14-20)23-21(22-3)24(4)15-18-12-10-9-11-17(18)2/h6-14,19H,5,15-16H2,1-4H3,(H,22,23). The maximum absolute atomic E-state index is 12.7. The van der Waals surface area contributed by atoms with E-state index in [1.165, 1.54) is 11.1 Å². The van der Waals surface area contributed by atoms with Crippen LogP contribution in [0.2, 0.25) is 0 Å². The van der Waals surface area contributed by atoms with E-state index in [2.05, 4.69) is 29.4 Å². The Labute approximate surface area is 163 Å². The molecule has 0 bridgehead atoms. The van der Waals surface area contributed by atoms with Crippen molar-refractivity contribution in [2.24, 2.45) is 4.99 Å². The summed E-state index contributed by atoms with van der Waals surface area (Å²) in [5.41, 5.74) is 2.44. The van der Waals surface area contributed by atoms with Crippen LogP contribution in [0, 0.1) is 6.92 Å². The minimum atomic E-state index is -3.35.